The molecule has 0 aromatic heterocycles. The van der Waals surface area contributed by atoms with E-state index in [2.05, 4.69) is 6.92 Å². The van der Waals surface area contributed by atoms with Crippen LogP contribution in [-0.4, -0.2) is 35.0 Å². The third kappa shape index (κ3) is 3.83. The summed E-state index contributed by atoms with van der Waals surface area (Å²) < 4.78 is 0. The molecule has 1 N–H and O–H groups in total. The number of carboxylic acids is 1. The SMILES string of the molecule is CCCC(C)N(C)C(=O)C(C)C(C)C(=O)O. The molecule has 0 heterocycles. The van der Waals surface area contributed by atoms with Gasteiger partial charge in [0.25, 0.3) is 0 Å². The number of rotatable bonds is 6. The van der Waals surface area contributed by atoms with Crippen molar-refractivity contribution < 1.29 is 14.7 Å². The summed E-state index contributed by atoms with van der Waals surface area (Å²) in [6, 6.07) is 0.168. The molecule has 0 fully saturated rings. The maximum atomic E-state index is 12.0. The van der Waals surface area contributed by atoms with Crippen molar-refractivity contribution in [2.45, 2.75) is 46.6 Å². The monoisotopic (exact) mass is 229 g/mol. The number of carbonyl (C=O) groups excluding carboxylic acids is 1. The maximum Gasteiger partial charge on any atom is 0.307 e. The quantitative estimate of drug-likeness (QED) is 0.757. The van der Waals surface area contributed by atoms with E-state index in [0.717, 1.165) is 12.8 Å². The molecular weight excluding hydrogens is 206 g/mol. The van der Waals surface area contributed by atoms with E-state index in [1.165, 1.54) is 0 Å². The zero-order chi connectivity index (χ0) is 12.9. The molecule has 0 radical (unpaired) electrons. The lowest BCUT2D eigenvalue weighted by Crippen LogP contribution is -2.41. The lowest BCUT2D eigenvalue weighted by molar-refractivity contribution is -0.149. The highest BCUT2D eigenvalue weighted by molar-refractivity contribution is 5.84. The lowest BCUT2D eigenvalue weighted by atomic mass is 9.94. The standard InChI is InChI=1S/C12H23NO3/c1-6-7-8(2)13(5)11(14)9(3)10(4)12(15)16/h8-10H,6-7H2,1-5H3,(H,15,16). The van der Waals surface area contributed by atoms with Gasteiger partial charge in [-0.2, -0.15) is 0 Å². The minimum atomic E-state index is -0.919. The molecule has 1 amide bonds. The van der Waals surface area contributed by atoms with Gasteiger partial charge in [-0.1, -0.05) is 27.2 Å². The van der Waals surface area contributed by atoms with E-state index in [0.29, 0.717) is 0 Å². The number of hydrogen-bond acceptors (Lipinski definition) is 2. The van der Waals surface area contributed by atoms with Crippen LogP contribution in [0.4, 0.5) is 0 Å². The molecule has 0 rings (SSSR count). The maximum absolute atomic E-state index is 12.0. The van der Waals surface area contributed by atoms with Crippen molar-refractivity contribution in [3.05, 3.63) is 0 Å². The molecule has 0 aliphatic rings. The van der Waals surface area contributed by atoms with Gasteiger partial charge < -0.3 is 10.0 Å². The van der Waals surface area contributed by atoms with Gasteiger partial charge >= 0.3 is 5.97 Å². The van der Waals surface area contributed by atoms with Crippen LogP contribution in [0.25, 0.3) is 0 Å². The molecule has 0 aliphatic carbocycles. The first-order chi connectivity index (χ1) is 7.32. The predicted molar refractivity (Wildman–Crippen MR) is 63.1 cm³/mol. The Bertz CT molecular complexity index is 253. The van der Waals surface area contributed by atoms with Gasteiger partial charge in [0.05, 0.1) is 5.92 Å². The van der Waals surface area contributed by atoms with Crippen molar-refractivity contribution in [3.63, 3.8) is 0 Å². The molecule has 4 heteroatoms. The Morgan fingerprint density at radius 2 is 1.69 bits per heavy atom. The Morgan fingerprint density at radius 1 is 1.19 bits per heavy atom. The molecule has 0 bridgehead atoms. The van der Waals surface area contributed by atoms with Crippen molar-refractivity contribution in [1.82, 2.24) is 4.90 Å². The van der Waals surface area contributed by atoms with Crippen LogP contribution in [0.3, 0.4) is 0 Å². The van der Waals surface area contributed by atoms with Crippen LogP contribution in [0.1, 0.15) is 40.5 Å². The van der Waals surface area contributed by atoms with Gasteiger partial charge in [-0.15, -0.1) is 0 Å². The third-order valence-electron chi connectivity index (χ3n) is 3.24. The van der Waals surface area contributed by atoms with Crippen molar-refractivity contribution in [3.8, 4) is 0 Å². The van der Waals surface area contributed by atoms with Crippen molar-refractivity contribution in [2.24, 2.45) is 11.8 Å². The predicted octanol–water partition coefficient (Wildman–Crippen LogP) is 1.99. The number of nitrogens with zero attached hydrogens (tertiary/aromatic N) is 1. The summed E-state index contributed by atoms with van der Waals surface area (Å²) in [6.45, 7) is 7.30. The van der Waals surface area contributed by atoms with Crippen LogP contribution in [0, 0.1) is 11.8 Å². The summed E-state index contributed by atoms with van der Waals surface area (Å²) >= 11 is 0. The average Bonchev–Trinajstić information content (AvgIpc) is 2.25. The highest BCUT2D eigenvalue weighted by Gasteiger charge is 2.29. The largest absolute Gasteiger partial charge is 0.481 e. The highest BCUT2D eigenvalue weighted by atomic mass is 16.4. The van der Waals surface area contributed by atoms with Gasteiger partial charge in [0.15, 0.2) is 0 Å². The van der Waals surface area contributed by atoms with E-state index in [4.69, 9.17) is 5.11 Å². The first-order valence-electron chi connectivity index (χ1n) is 5.82. The fraction of sp³-hybridized carbons (Fsp3) is 0.833. The molecular formula is C12H23NO3. The van der Waals surface area contributed by atoms with Crippen LogP contribution in [0.2, 0.25) is 0 Å². The summed E-state index contributed by atoms with van der Waals surface area (Å²) in [6.07, 6.45) is 1.96. The number of amides is 1. The molecule has 0 aromatic rings. The van der Waals surface area contributed by atoms with Crippen molar-refractivity contribution in [2.75, 3.05) is 7.05 Å². The molecule has 4 nitrogen and oxygen atoms in total. The number of carboxylic acid groups (broad SMARTS) is 1. The van der Waals surface area contributed by atoms with Gasteiger partial charge in [0.1, 0.15) is 0 Å². The second kappa shape index (κ2) is 6.51. The van der Waals surface area contributed by atoms with Gasteiger partial charge in [-0.25, -0.2) is 0 Å². The summed E-state index contributed by atoms with van der Waals surface area (Å²) in [5.41, 5.74) is 0. The number of aliphatic carboxylic acids is 1. The van der Waals surface area contributed by atoms with Gasteiger partial charge in [-0.3, -0.25) is 9.59 Å². The molecule has 0 saturated heterocycles. The fourth-order valence-corrected chi connectivity index (χ4v) is 1.58. The molecule has 3 unspecified atom stereocenters. The first-order valence-corrected chi connectivity index (χ1v) is 5.82. The van der Waals surface area contributed by atoms with Crippen LogP contribution in [-0.2, 0) is 9.59 Å². The van der Waals surface area contributed by atoms with Crippen LogP contribution < -0.4 is 0 Å². The Morgan fingerprint density at radius 3 is 2.06 bits per heavy atom. The second-order valence-corrected chi connectivity index (χ2v) is 4.50. The zero-order valence-electron chi connectivity index (χ0n) is 10.9. The molecule has 0 aromatic carbocycles. The van der Waals surface area contributed by atoms with Crippen LogP contribution >= 0.6 is 0 Å². The summed E-state index contributed by atoms with van der Waals surface area (Å²) in [7, 11) is 1.74. The van der Waals surface area contributed by atoms with Crippen molar-refractivity contribution >= 4 is 11.9 Å². The van der Waals surface area contributed by atoms with Crippen molar-refractivity contribution in [1.29, 1.82) is 0 Å². The van der Waals surface area contributed by atoms with Gasteiger partial charge in [0.2, 0.25) is 5.91 Å². The third-order valence-corrected chi connectivity index (χ3v) is 3.24. The van der Waals surface area contributed by atoms with E-state index < -0.39 is 17.8 Å². The van der Waals surface area contributed by atoms with E-state index in [9.17, 15) is 9.59 Å². The van der Waals surface area contributed by atoms with E-state index >= 15 is 0 Å². The first kappa shape index (κ1) is 14.9. The Balaban J connectivity index is 4.48. The molecule has 3 atom stereocenters. The van der Waals surface area contributed by atoms with Crippen LogP contribution in [0.5, 0.6) is 0 Å². The summed E-state index contributed by atoms with van der Waals surface area (Å²) in [5.74, 6) is -2.11. The Labute approximate surface area is 97.6 Å². The summed E-state index contributed by atoms with van der Waals surface area (Å²) in [5, 5.41) is 8.85. The Hall–Kier alpha value is -1.06. The number of hydrogen-bond donors (Lipinski definition) is 1. The highest BCUT2D eigenvalue weighted by Crippen LogP contribution is 2.16. The molecule has 16 heavy (non-hydrogen) atoms. The minimum Gasteiger partial charge on any atom is -0.481 e. The van der Waals surface area contributed by atoms with Gasteiger partial charge in [0, 0.05) is 19.0 Å². The van der Waals surface area contributed by atoms with E-state index in [1.54, 1.807) is 25.8 Å². The number of carbonyl (C=O) groups is 2. The molecule has 0 spiro atoms. The van der Waals surface area contributed by atoms with E-state index in [-0.39, 0.29) is 11.9 Å². The summed E-state index contributed by atoms with van der Waals surface area (Å²) in [4.78, 5) is 24.4. The average molecular weight is 229 g/mol. The molecule has 0 aliphatic heterocycles. The molecule has 94 valence electrons. The lowest BCUT2D eigenvalue weighted by Gasteiger charge is -2.28. The van der Waals surface area contributed by atoms with Crippen LogP contribution in [0.15, 0.2) is 0 Å². The van der Waals surface area contributed by atoms with Gasteiger partial charge in [-0.05, 0) is 13.3 Å². The Kier molecular flexibility index (Phi) is 6.08. The second-order valence-electron chi connectivity index (χ2n) is 4.50. The minimum absolute atomic E-state index is 0.0872. The normalized spacial score (nSPS) is 16.3. The smallest absolute Gasteiger partial charge is 0.307 e. The topological polar surface area (TPSA) is 57.6 Å². The fourth-order valence-electron chi connectivity index (χ4n) is 1.58. The molecule has 0 saturated carbocycles. The zero-order valence-corrected chi connectivity index (χ0v) is 10.9. The van der Waals surface area contributed by atoms with E-state index in [1.807, 2.05) is 6.92 Å².